The van der Waals surface area contributed by atoms with Crippen molar-refractivity contribution in [1.82, 2.24) is 15.6 Å². The van der Waals surface area contributed by atoms with Gasteiger partial charge in [0.05, 0.1) is 18.8 Å². The molecule has 3 N–H and O–H groups in total. The number of nitrogens with zero attached hydrogens (tertiary/aromatic N) is 2. The number of ether oxygens (including phenoxy) is 1. The van der Waals surface area contributed by atoms with Crippen molar-refractivity contribution in [1.29, 1.82) is 0 Å². The maximum absolute atomic E-state index is 10.3. The molecule has 3 unspecified atom stereocenters. The van der Waals surface area contributed by atoms with Gasteiger partial charge in [-0.15, -0.1) is 24.0 Å². The minimum Gasteiger partial charge on any atom is -0.386 e. The normalized spacial score (nSPS) is 21.9. The number of aliphatic hydroxyl groups excluding tert-OH is 1. The fourth-order valence-electron chi connectivity index (χ4n) is 3.45. The van der Waals surface area contributed by atoms with Gasteiger partial charge in [0.25, 0.3) is 0 Å². The maximum Gasteiger partial charge on any atom is 0.191 e. The van der Waals surface area contributed by atoms with Gasteiger partial charge >= 0.3 is 0 Å². The number of guanidine groups is 1. The van der Waals surface area contributed by atoms with Crippen LogP contribution in [0.1, 0.15) is 52.2 Å². The molecule has 27 heavy (non-hydrogen) atoms. The van der Waals surface area contributed by atoms with E-state index in [4.69, 9.17) is 4.74 Å². The van der Waals surface area contributed by atoms with E-state index in [2.05, 4.69) is 41.4 Å². The summed E-state index contributed by atoms with van der Waals surface area (Å²) in [4.78, 5) is 8.52. The van der Waals surface area contributed by atoms with Gasteiger partial charge in [0.15, 0.2) is 5.96 Å². The number of hydrogen-bond donors (Lipinski definition) is 3. The number of rotatable bonds is 6. The molecule has 0 radical (unpaired) electrons. The smallest absolute Gasteiger partial charge is 0.191 e. The highest BCUT2D eigenvalue weighted by atomic mass is 127. The van der Waals surface area contributed by atoms with Gasteiger partial charge in [-0.1, -0.05) is 20.8 Å². The summed E-state index contributed by atoms with van der Waals surface area (Å²) < 4.78 is 6.06. The summed E-state index contributed by atoms with van der Waals surface area (Å²) in [5, 5.41) is 17.0. The van der Waals surface area contributed by atoms with Crippen LogP contribution < -0.4 is 10.6 Å². The van der Waals surface area contributed by atoms with Gasteiger partial charge in [0, 0.05) is 38.0 Å². The number of nitrogens with one attached hydrogen (secondary N) is 2. The lowest BCUT2D eigenvalue weighted by molar-refractivity contribution is -0.0835. The molecule has 2 rings (SSSR count). The third-order valence-electron chi connectivity index (χ3n) is 4.69. The summed E-state index contributed by atoms with van der Waals surface area (Å²) in [5.41, 5.74) is 0.952. The first-order valence-electron chi connectivity index (χ1n) is 9.63. The monoisotopic (exact) mass is 490 g/mol. The van der Waals surface area contributed by atoms with Crippen LogP contribution in [0.5, 0.6) is 0 Å². The number of pyridine rings is 1. The Morgan fingerprint density at radius 3 is 2.67 bits per heavy atom. The van der Waals surface area contributed by atoms with E-state index in [-0.39, 0.29) is 35.5 Å². The molecule has 1 aliphatic rings. The molecule has 0 spiro atoms. The molecule has 0 aromatic carbocycles. The molecule has 1 saturated heterocycles. The molecule has 1 fully saturated rings. The van der Waals surface area contributed by atoms with Crippen molar-refractivity contribution in [3.63, 3.8) is 0 Å². The second-order valence-corrected chi connectivity index (χ2v) is 7.96. The first kappa shape index (κ1) is 24.1. The molecular weight excluding hydrogens is 455 g/mol. The molecule has 2 heterocycles. The summed E-state index contributed by atoms with van der Waals surface area (Å²) in [6.07, 6.45) is 5.24. The quantitative estimate of drug-likeness (QED) is 0.325. The Hall–Kier alpha value is -0.930. The van der Waals surface area contributed by atoms with Crippen molar-refractivity contribution in [2.75, 3.05) is 26.2 Å². The van der Waals surface area contributed by atoms with E-state index in [0.29, 0.717) is 12.5 Å². The van der Waals surface area contributed by atoms with E-state index in [1.165, 1.54) is 0 Å². The fraction of sp³-hybridized carbons (Fsp3) is 0.700. The SMILES string of the molecule is CCNC(=NCC(O)c1ccncc1)NCC1CCCOC1C(C)(C)C.I. The van der Waals surface area contributed by atoms with Crippen molar-refractivity contribution in [3.8, 4) is 0 Å². The molecule has 0 amide bonds. The van der Waals surface area contributed by atoms with Crippen LogP contribution in [0, 0.1) is 11.3 Å². The van der Waals surface area contributed by atoms with Crippen LogP contribution in [0.25, 0.3) is 0 Å². The molecule has 3 atom stereocenters. The maximum atomic E-state index is 10.3. The van der Waals surface area contributed by atoms with Gasteiger partial charge in [-0.05, 0) is 42.9 Å². The lowest BCUT2D eigenvalue weighted by atomic mass is 9.78. The standard InChI is InChI=1S/C20H34N4O2.HI/c1-5-22-19(24-14-17(25)15-8-10-21-11-9-15)23-13-16-7-6-12-26-18(16)20(2,3)4;/h8-11,16-18,25H,5-7,12-14H2,1-4H3,(H2,22,23,24);1H. The number of aliphatic imine (C=N–C) groups is 1. The number of aliphatic hydroxyl groups is 1. The Bertz CT molecular complexity index is 563. The third-order valence-corrected chi connectivity index (χ3v) is 4.69. The van der Waals surface area contributed by atoms with Crippen LogP contribution in [0.4, 0.5) is 0 Å². The molecule has 1 aromatic rings. The highest BCUT2D eigenvalue weighted by molar-refractivity contribution is 14.0. The van der Waals surface area contributed by atoms with E-state index in [1.807, 2.05) is 19.1 Å². The van der Waals surface area contributed by atoms with Crippen LogP contribution >= 0.6 is 24.0 Å². The molecule has 1 aliphatic heterocycles. The van der Waals surface area contributed by atoms with Crippen molar-refractivity contribution in [3.05, 3.63) is 30.1 Å². The van der Waals surface area contributed by atoms with E-state index in [9.17, 15) is 5.11 Å². The van der Waals surface area contributed by atoms with Crippen LogP contribution in [0.2, 0.25) is 0 Å². The Morgan fingerprint density at radius 2 is 2.04 bits per heavy atom. The molecule has 0 aliphatic carbocycles. The zero-order chi connectivity index (χ0) is 19.0. The molecule has 154 valence electrons. The zero-order valence-corrected chi connectivity index (χ0v) is 19.3. The first-order chi connectivity index (χ1) is 12.4. The lowest BCUT2D eigenvalue weighted by Gasteiger charge is -2.40. The second-order valence-electron chi connectivity index (χ2n) is 7.96. The molecule has 1 aromatic heterocycles. The topological polar surface area (TPSA) is 78.8 Å². The molecule has 6 nitrogen and oxygen atoms in total. The third kappa shape index (κ3) is 7.91. The number of aromatic nitrogens is 1. The molecule has 0 bridgehead atoms. The van der Waals surface area contributed by atoms with Crippen LogP contribution in [-0.2, 0) is 4.74 Å². The Kier molecular flexibility index (Phi) is 10.5. The average molecular weight is 490 g/mol. The van der Waals surface area contributed by atoms with E-state index in [0.717, 1.165) is 44.1 Å². The van der Waals surface area contributed by atoms with Gasteiger partial charge in [0.1, 0.15) is 0 Å². The molecule has 0 saturated carbocycles. The summed E-state index contributed by atoms with van der Waals surface area (Å²) in [6, 6.07) is 3.63. The van der Waals surface area contributed by atoms with Gasteiger partial charge < -0.3 is 20.5 Å². The minimum absolute atomic E-state index is 0. The van der Waals surface area contributed by atoms with Crippen LogP contribution in [-0.4, -0.2) is 48.4 Å². The first-order valence-corrected chi connectivity index (χ1v) is 9.63. The largest absolute Gasteiger partial charge is 0.386 e. The van der Waals surface area contributed by atoms with Crippen molar-refractivity contribution < 1.29 is 9.84 Å². The Balaban J connectivity index is 0.00000364. The van der Waals surface area contributed by atoms with Crippen LogP contribution in [0.3, 0.4) is 0 Å². The van der Waals surface area contributed by atoms with E-state index >= 15 is 0 Å². The summed E-state index contributed by atoms with van der Waals surface area (Å²) >= 11 is 0. The number of hydrogen-bond acceptors (Lipinski definition) is 4. The van der Waals surface area contributed by atoms with E-state index < -0.39 is 6.10 Å². The predicted octanol–water partition coefficient (Wildman–Crippen LogP) is 3.13. The second kappa shape index (κ2) is 11.8. The summed E-state index contributed by atoms with van der Waals surface area (Å²) in [6.45, 7) is 11.5. The van der Waals surface area contributed by atoms with Crippen molar-refractivity contribution in [2.45, 2.75) is 52.7 Å². The minimum atomic E-state index is -0.631. The predicted molar refractivity (Wildman–Crippen MR) is 121 cm³/mol. The summed E-state index contributed by atoms with van der Waals surface area (Å²) in [7, 11) is 0. The van der Waals surface area contributed by atoms with Crippen molar-refractivity contribution in [2.24, 2.45) is 16.3 Å². The Morgan fingerprint density at radius 1 is 1.33 bits per heavy atom. The van der Waals surface area contributed by atoms with Crippen LogP contribution in [0.15, 0.2) is 29.5 Å². The molecular formula is C20H35IN4O2. The van der Waals surface area contributed by atoms with Crippen molar-refractivity contribution >= 4 is 29.9 Å². The Labute approximate surface area is 180 Å². The highest BCUT2D eigenvalue weighted by Gasteiger charge is 2.35. The van der Waals surface area contributed by atoms with E-state index in [1.54, 1.807) is 12.4 Å². The number of halogens is 1. The fourth-order valence-corrected chi connectivity index (χ4v) is 3.45. The lowest BCUT2D eigenvalue weighted by Crippen LogP contribution is -2.47. The van der Waals surface area contributed by atoms with Gasteiger partial charge in [-0.3, -0.25) is 9.98 Å². The zero-order valence-electron chi connectivity index (χ0n) is 16.9. The van der Waals surface area contributed by atoms with Gasteiger partial charge in [-0.25, -0.2) is 0 Å². The summed E-state index contributed by atoms with van der Waals surface area (Å²) in [5.74, 6) is 1.19. The van der Waals surface area contributed by atoms with Gasteiger partial charge in [0.2, 0.25) is 0 Å². The molecule has 7 heteroatoms. The average Bonchev–Trinajstić information content (AvgIpc) is 2.64. The van der Waals surface area contributed by atoms with Gasteiger partial charge in [-0.2, -0.15) is 0 Å². The highest BCUT2D eigenvalue weighted by Crippen LogP contribution is 2.33.